The van der Waals surface area contributed by atoms with Crippen LogP contribution in [0.1, 0.15) is 25.8 Å². The number of aromatic nitrogens is 1. The molecule has 2 heterocycles. The van der Waals surface area contributed by atoms with Crippen molar-refractivity contribution in [2.24, 2.45) is 5.41 Å². The van der Waals surface area contributed by atoms with Gasteiger partial charge in [-0.1, -0.05) is 6.07 Å². The van der Waals surface area contributed by atoms with Gasteiger partial charge in [-0.15, -0.1) is 0 Å². The number of amides is 1. The minimum atomic E-state index is -0.258. The van der Waals surface area contributed by atoms with Gasteiger partial charge in [-0.25, -0.2) is 4.98 Å². The predicted octanol–water partition coefficient (Wildman–Crippen LogP) is 1.47. The Kier molecular flexibility index (Phi) is 4.60. The fourth-order valence-corrected chi connectivity index (χ4v) is 2.74. The van der Waals surface area contributed by atoms with Crippen LogP contribution in [-0.2, 0) is 11.3 Å². The molecule has 1 fully saturated rings. The van der Waals surface area contributed by atoms with Crippen LogP contribution in [0.2, 0.25) is 0 Å². The molecule has 2 N–H and O–H groups in total. The van der Waals surface area contributed by atoms with E-state index in [-0.39, 0.29) is 11.3 Å². The Balaban J connectivity index is 1.93. The van der Waals surface area contributed by atoms with Crippen LogP contribution < -0.4 is 10.6 Å². The van der Waals surface area contributed by atoms with Crippen molar-refractivity contribution >= 4 is 11.7 Å². The van der Waals surface area contributed by atoms with Gasteiger partial charge in [0.25, 0.3) is 0 Å². The van der Waals surface area contributed by atoms with Crippen molar-refractivity contribution in [3.05, 3.63) is 23.9 Å². The second-order valence-electron chi connectivity index (χ2n) is 5.68. The van der Waals surface area contributed by atoms with Gasteiger partial charge in [0.05, 0.1) is 5.41 Å². The first-order valence-electron chi connectivity index (χ1n) is 7.21. The molecular formula is C15H24N4O. The van der Waals surface area contributed by atoms with E-state index in [2.05, 4.69) is 33.5 Å². The maximum atomic E-state index is 11.9. The quantitative estimate of drug-likeness (QED) is 0.855. The number of likely N-dealkylation sites (tertiary alicyclic amines) is 1. The molecular weight excluding hydrogens is 252 g/mol. The first-order chi connectivity index (χ1) is 9.57. The number of hydrogen-bond donors (Lipinski definition) is 2. The summed E-state index contributed by atoms with van der Waals surface area (Å²) in [6.07, 6.45) is 2.82. The summed E-state index contributed by atoms with van der Waals surface area (Å²) in [5.41, 5.74) is 0.930. The fourth-order valence-electron chi connectivity index (χ4n) is 2.74. The van der Waals surface area contributed by atoms with Gasteiger partial charge in [0, 0.05) is 32.9 Å². The predicted molar refractivity (Wildman–Crippen MR) is 80.5 cm³/mol. The summed E-state index contributed by atoms with van der Waals surface area (Å²) in [6.45, 7) is 7.59. The zero-order valence-corrected chi connectivity index (χ0v) is 12.6. The van der Waals surface area contributed by atoms with Gasteiger partial charge < -0.3 is 10.6 Å². The van der Waals surface area contributed by atoms with Gasteiger partial charge in [-0.2, -0.15) is 0 Å². The van der Waals surface area contributed by atoms with Crippen molar-refractivity contribution < 1.29 is 4.79 Å². The molecule has 1 aromatic rings. The third kappa shape index (κ3) is 3.28. The highest BCUT2D eigenvalue weighted by Gasteiger charge is 2.39. The third-order valence-corrected chi connectivity index (χ3v) is 3.92. The molecule has 5 nitrogen and oxygen atoms in total. The molecule has 1 amide bonds. The van der Waals surface area contributed by atoms with Gasteiger partial charge in [-0.05, 0) is 38.4 Å². The Labute approximate surface area is 120 Å². The van der Waals surface area contributed by atoms with Crippen molar-refractivity contribution in [3.63, 3.8) is 0 Å². The number of rotatable bonds is 5. The van der Waals surface area contributed by atoms with E-state index in [1.165, 1.54) is 5.56 Å². The Bertz CT molecular complexity index is 459. The summed E-state index contributed by atoms with van der Waals surface area (Å²) in [5, 5.41) is 5.95. The van der Waals surface area contributed by atoms with Crippen LogP contribution in [0.4, 0.5) is 5.82 Å². The minimum absolute atomic E-state index is 0.139. The van der Waals surface area contributed by atoms with E-state index in [1.807, 2.05) is 19.2 Å². The first kappa shape index (κ1) is 14.8. The SMILES string of the molecule is CCNc1ccc(CN2CCC(C)(C(=O)NC)C2)cn1. The highest BCUT2D eigenvalue weighted by molar-refractivity contribution is 5.82. The fraction of sp³-hybridized carbons (Fsp3) is 0.600. The molecule has 110 valence electrons. The summed E-state index contributed by atoms with van der Waals surface area (Å²) < 4.78 is 0. The molecule has 1 aromatic heterocycles. The average molecular weight is 276 g/mol. The lowest BCUT2D eigenvalue weighted by molar-refractivity contribution is -0.129. The highest BCUT2D eigenvalue weighted by Crippen LogP contribution is 2.30. The van der Waals surface area contributed by atoms with Crippen LogP contribution in [0.25, 0.3) is 0 Å². The lowest BCUT2D eigenvalue weighted by Crippen LogP contribution is -2.39. The van der Waals surface area contributed by atoms with Crippen LogP contribution in [0.15, 0.2) is 18.3 Å². The number of anilines is 1. The van der Waals surface area contributed by atoms with Gasteiger partial charge in [0.15, 0.2) is 0 Å². The number of hydrogen-bond acceptors (Lipinski definition) is 4. The first-order valence-corrected chi connectivity index (χ1v) is 7.21. The molecule has 1 unspecified atom stereocenters. The second kappa shape index (κ2) is 6.22. The third-order valence-electron chi connectivity index (χ3n) is 3.92. The van der Waals surface area contributed by atoms with Crippen molar-refractivity contribution in [2.75, 3.05) is 32.0 Å². The molecule has 1 aliphatic heterocycles. The maximum absolute atomic E-state index is 11.9. The molecule has 20 heavy (non-hydrogen) atoms. The topological polar surface area (TPSA) is 57.3 Å². The normalized spacial score (nSPS) is 22.8. The van der Waals surface area contributed by atoms with Gasteiger partial charge in [0.2, 0.25) is 5.91 Å². The molecule has 0 radical (unpaired) electrons. The van der Waals surface area contributed by atoms with Crippen LogP contribution >= 0.6 is 0 Å². The summed E-state index contributed by atoms with van der Waals surface area (Å²) >= 11 is 0. The van der Waals surface area contributed by atoms with E-state index in [4.69, 9.17) is 0 Å². The smallest absolute Gasteiger partial charge is 0.227 e. The zero-order valence-electron chi connectivity index (χ0n) is 12.6. The van der Waals surface area contributed by atoms with E-state index < -0.39 is 0 Å². The largest absolute Gasteiger partial charge is 0.370 e. The zero-order chi connectivity index (χ0) is 14.6. The van der Waals surface area contributed by atoms with E-state index >= 15 is 0 Å². The molecule has 0 saturated carbocycles. The van der Waals surface area contributed by atoms with E-state index in [0.29, 0.717) is 0 Å². The van der Waals surface area contributed by atoms with Gasteiger partial charge >= 0.3 is 0 Å². The Morgan fingerprint density at radius 1 is 1.50 bits per heavy atom. The summed E-state index contributed by atoms with van der Waals surface area (Å²) in [7, 11) is 1.71. The molecule has 0 aliphatic carbocycles. The molecule has 0 bridgehead atoms. The maximum Gasteiger partial charge on any atom is 0.227 e. The van der Waals surface area contributed by atoms with Crippen LogP contribution in [-0.4, -0.2) is 42.5 Å². The Hall–Kier alpha value is -1.62. The molecule has 1 saturated heterocycles. The summed E-state index contributed by atoms with van der Waals surface area (Å²) in [4.78, 5) is 18.6. The lowest BCUT2D eigenvalue weighted by Gasteiger charge is -2.22. The number of carbonyl (C=O) groups excluding carboxylic acids is 1. The van der Waals surface area contributed by atoms with Gasteiger partial charge in [-0.3, -0.25) is 9.69 Å². The van der Waals surface area contributed by atoms with Crippen LogP contribution in [0.5, 0.6) is 0 Å². The number of nitrogens with one attached hydrogen (secondary N) is 2. The average Bonchev–Trinajstić information content (AvgIpc) is 2.83. The standard InChI is InChI=1S/C15H24N4O/c1-4-17-13-6-5-12(9-18-13)10-19-8-7-15(2,11-19)14(20)16-3/h5-6,9H,4,7-8,10-11H2,1-3H3,(H,16,20)(H,17,18). The highest BCUT2D eigenvalue weighted by atomic mass is 16.2. The minimum Gasteiger partial charge on any atom is -0.370 e. The van der Waals surface area contributed by atoms with Crippen molar-refractivity contribution in [2.45, 2.75) is 26.8 Å². The molecule has 5 heteroatoms. The van der Waals surface area contributed by atoms with Crippen LogP contribution in [0.3, 0.4) is 0 Å². The van der Waals surface area contributed by atoms with Crippen molar-refractivity contribution in [1.29, 1.82) is 0 Å². The van der Waals surface area contributed by atoms with E-state index in [0.717, 1.165) is 38.4 Å². The molecule has 0 spiro atoms. The Morgan fingerprint density at radius 3 is 2.90 bits per heavy atom. The molecule has 2 rings (SSSR count). The van der Waals surface area contributed by atoms with E-state index in [9.17, 15) is 4.79 Å². The molecule has 1 atom stereocenters. The number of carbonyl (C=O) groups is 1. The second-order valence-corrected chi connectivity index (χ2v) is 5.68. The molecule has 1 aliphatic rings. The summed E-state index contributed by atoms with van der Waals surface area (Å²) in [6, 6.07) is 4.10. The summed E-state index contributed by atoms with van der Waals surface area (Å²) in [5.74, 6) is 1.05. The number of pyridine rings is 1. The Morgan fingerprint density at radius 2 is 2.30 bits per heavy atom. The van der Waals surface area contributed by atoms with E-state index in [1.54, 1.807) is 7.05 Å². The number of nitrogens with zero attached hydrogens (tertiary/aromatic N) is 2. The van der Waals surface area contributed by atoms with Gasteiger partial charge in [0.1, 0.15) is 5.82 Å². The lowest BCUT2D eigenvalue weighted by atomic mass is 9.89. The van der Waals surface area contributed by atoms with Crippen molar-refractivity contribution in [1.82, 2.24) is 15.2 Å². The monoisotopic (exact) mass is 276 g/mol. The van der Waals surface area contributed by atoms with Crippen molar-refractivity contribution in [3.8, 4) is 0 Å². The molecule has 0 aromatic carbocycles. The van der Waals surface area contributed by atoms with Crippen LogP contribution in [0, 0.1) is 5.41 Å².